The Labute approximate surface area is 106 Å². The fraction of sp³-hybridized carbons (Fsp3) is 0.846. The van der Waals surface area contributed by atoms with Gasteiger partial charge in [-0.25, -0.2) is 9.48 Å². The number of hydrogen-bond acceptors (Lipinski definition) is 3. The Morgan fingerprint density at radius 2 is 1.67 bits per heavy atom. The smallest absolute Gasteiger partial charge is 0.347 e. The van der Waals surface area contributed by atoms with Crippen LogP contribution in [0.15, 0.2) is 4.79 Å². The van der Waals surface area contributed by atoms with E-state index in [2.05, 4.69) is 5.10 Å². The van der Waals surface area contributed by atoms with E-state index in [-0.39, 0.29) is 11.2 Å². The molecule has 0 radical (unpaired) electrons. The van der Waals surface area contributed by atoms with Gasteiger partial charge < -0.3 is 5.73 Å². The SMILES string of the molecule is Cn1nc(N)n(C23CC4CC(CC(C4)C2)C3)c1=O. The topological polar surface area (TPSA) is 65.8 Å². The molecule has 4 saturated carbocycles. The molecule has 1 heterocycles. The zero-order valence-corrected chi connectivity index (χ0v) is 10.8. The Kier molecular flexibility index (Phi) is 1.89. The minimum atomic E-state index is -0.0329. The van der Waals surface area contributed by atoms with Gasteiger partial charge in [-0.1, -0.05) is 0 Å². The lowest BCUT2D eigenvalue weighted by Crippen LogP contribution is -2.54. The lowest BCUT2D eigenvalue weighted by atomic mass is 9.53. The maximum absolute atomic E-state index is 12.3. The third-order valence-electron chi connectivity index (χ3n) is 5.43. The van der Waals surface area contributed by atoms with E-state index >= 15 is 0 Å². The van der Waals surface area contributed by atoms with Crippen LogP contribution in [0.5, 0.6) is 0 Å². The van der Waals surface area contributed by atoms with Crippen molar-refractivity contribution in [3.8, 4) is 0 Å². The third-order valence-corrected chi connectivity index (χ3v) is 5.43. The van der Waals surface area contributed by atoms with Gasteiger partial charge in [-0.05, 0) is 56.3 Å². The van der Waals surface area contributed by atoms with Gasteiger partial charge in [0.05, 0.1) is 5.54 Å². The average molecular weight is 248 g/mol. The predicted molar refractivity (Wildman–Crippen MR) is 68.0 cm³/mol. The third kappa shape index (κ3) is 1.22. The molecule has 18 heavy (non-hydrogen) atoms. The van der Waals surface area contributed by atoms with Crippen LogP contribution in [-0.4, -0.2) is 14.3 Å². The van der Waals surface area contributed by atoms with Crippen molar-refractivity contribution in [1.29, 1.82) is 0 Å². The Hall–Kier alpha value is -1.26. The molecule has 0 atom stereocenters. The summed E-state index contributed by atoms with van der Waals surface area (Å²) in [5.74, 6) is 2.83. The summed E-state index contributed by atoms with van der Waals surface area (Å²) in [6, 6.07) is 0. The zero-order valence-electron chi connectivity index (χ0n) is 10.8. The van der Waals surface area contributed by atoms with E-state index in [0.29, 0.717) is 5.95 Å². The lowest BCUT2D eigenvalue weighted by molar-refractivity contribution is -0.0438. The number of rotatable bonds is 1. The largest absolute Gasteiger partial charge is 0.368 e. The molecule has 0 aliphatic heterocycles. The zero-order chi connectivity index (χ0) is 12.5. The molecule has 0 spiro atoms. The fourth-order valence-corrected chi connectivity index (χ4v) is 5.27. The highest BCUT2D eigenvalue weighted by atomic mass is 16.2. The van der Waals surface area contributed by atoms with Gasteiger partial charge in [0.2, 0.25) is 5.95 Å². The first-order chi connectivity index (χ1) is 8.57. The normalized spacial score (nSPS) is 41.5. The first-order valence-electron chi connectivity index (χ1n) is 6.99. The van der Waals surface area contributed by atoms with Crippen LogP contribution in [0.25, 0.3) is 0 Å². The summed E-state index contributed by atoms with van der Waals surface area (Å²) in [4.78, 5) is 12.3. The summed E-state index contributed by atoms with van der Waals surface area (Å²) in [5.41, 5.74) is 5.95. The molecule has 0 aromatic carbocycles. The molecule has 5 heteroatoms. The molecule has 98 valence electrons. The van der Waals surface area contributed by atoms with Crippen molar-refractivity contribution in [2.75, 3.05) is 5.73 Å². The summed E-state index contributed by atoms with van der Waals surface area (Å²) >= 11 is 0. The van der Waals surface area contributed by atoms with Crippen molar-refractivity contribution in [3.63, 3.8) is 0 Å². The number of anilines is 1. The standard InChI is InChI=1S/C13H20N4O/c1-16-12(18)17(11(14)15-16)13-5-8-2-9(6-13)4-10(3-8)7-13/h8-10H,2-7H2,1H3,(H2,14,15). The highest BCUT2D eigenvalue weighted by molar-refractivity contribution is 5.20. The van der Waals surface area contributed by atoms with Crippen molar-refractivity contribution in [3.05, 3.63) is 10.5 Å². The minimum Gasteiger partial charge on any atom is -0.368 e. The highest BCUT2D eigenvalue weighted by Gasteiger charge is 2.53. The number of aromatic nitrogens is 3. The van der Waals surface area contributed by atoms with Gasteiger partial charge in [-0.3, -0.25) is 4.57 Å². The van der Waals surface area contributed by atoms with E-state index in [9.17, 15) is 4.79 Å². The van der Waals surface area contributed by atoms with Crippen LogP contribution < -0.4 is 11.4 Å². The molecular formula is C13H20N4O. The Morgan fingerprint density at radius 3 is 2.06 bits per heavy atom. The molecule has 1 aromatic rings. The molecule has 0 amide bonds. The van der Waals surface area contributed by atoms with Gasteiger partial charge in [0.15, 0.2) is 0 Å². The quantitative estimate of drug-likeness (QED) is 0.809. The van der Waals surface area contributed by atoms with Crippen molar-refractivity contribution < 1.29 is 0 Å². The van der Waals surface area contributed by atoms with Crippen LogP contribution in [0.2, 0.25) is 0 Å². The van der Waals surface area contributed by atoms with Gasteiger partial charge in [-0.2, -0.15) is 0 Å². The summed E-state index contributed by atoms with van der Waals surface area (Å²) < 4.78 is 3.20. The molecule has 4 bridgehead atoms. The second-order valence-corrected chi connectivity index (χ2v) is 6.74. The van der Waals surface area contributed by atoms with E-state index in [1.807, 2.05) is 4.57 Å². The Balaban J connectivity index is 1.86. The second-order valence-electron chi connectivity index (χ2n) is 6.74. The summed E-state index contributed by atoms with van der Waals surface area (Å²) in [6.45, 7) is 0. The maximum atomic E-state index is 12.3. The Morgan fingerprint density at radius 1 is 1.17 bits per heavy atom. The fourth-order valence-electron chi connectivity index (χ4n) is 5.27. The van der Waals surface area contributed by atoms with Gasteiger partial charge >= 0.3 is 5.69 Å². The second kappa shape index (κ2) is 3.19. The number of nitrogens with two attached hydrogens (primary N) is 1. The van der Waals surface area contributed by atoms with E-state index in [0.717, 1.165) is 37.0 Å². The molecule has 0 unspecified atom stereocenters. The van der Waals surface area contributed by atoms with Crippen LogP contribution in [0.1, 0.15) is 38.5 Å². The first-order valence-corrected chi connectivity index (χ1v) is 6.99. The van der Waals surface area contributed by atoms with Crippen molar-refractivity contribution in [2.24, 2.45) is 24.8 Å². The van der Waals surface area contributed by atoms with Crippen molar-refractivity contribution in [2.45, 2.75) is 44.1 Å². The molecule has 5 nitrogen and oxygen atoms in total. The Bertz CT molecular complexity index is 521. The molecule has 0 saturated heterocycles. The van der Waals surface area contributed by atoms with Gasteiger partial charge in [0.25, 0.3) is 0 Å². The summed E-state index contributed by atoms with van der Waals surface area (Å²) in [5, 5.41) is 4.11. The monoisotopic (exact) mass is 248 g/mol. The van der Waals surface area contributed by atoms with Crippen molar-refractivity contribution >= 4 is 5.95 Å². The van der Waals surface area contributed by atoms with E-state index < -0.39 is 0 Å². The molecule has 4 fully saturated rings. The van der Waals surface area contributed by atoms with Crippen molar-refractivity contribution in [1.82, 2.24) is 14.3 Å². The van der Waals surface area contributed by atoms with E-state index in [4.69, 9.17) is 5.73 Å². The van der Waals surface area contributed by atoms with Crippen LogP contribution in [0, 0.1) is 17.8 Å². The molecule has 4 aliphatic rings. The van der Waals surface area contributed by atoms with Crippen LogP contribution in [-0.2, 0) is 12.6 Å². The minimum absolute atomic E-state index is 0.00975. The number of nitrogens with zero attached hydrogens (tertiary/aromatic N) is 3. The van der Waals surface area contributed by atoms with Gasteiger partial charge in [0.1, 0.15) is 0 Å². The van der Waals surface area contributed by atoms with Gasteiger partial charge in [-0.15, -0.1) is 5.10 Å². The van der Waals surface area contributed by atoms with E-state index in [1.165, 1.54) is 23.9 Å². The number of nitrogen functional groups attached to an aromatic ring is 1. The van der Waals surface area contributed by atoms with Gasteiger partial charge in [0, 0.05) is 7.05 Å². The number of hydrogen-bond donors (Lipinski definition) is 1. The average Bonchev–Trinajstić information content (AvgIpc) is 2.51. The van der Waals surface area contributed by atoms with Crippen LogP contribution in [0.4, 0.5) is 5.95 Å². The van der Waals surface area contributed by atoms with E-state index in [1.54, 1.807) is 7.05 Å². The maximum Gasteiger partial charge on any atom is 0.347 e. The molecule has 2 N–H and O–H groups in total. The van der Waals surface area contributed by atoms with Crippen LogP contribution >= 0.6 is 0 Å². The molecule has 1 aromatic heterocycles. The highest BCUT2D eigenvalue weighted by Crippen LogP contribution is 2.58. The van der Waals surface area contributed by atoms with Crippen LogP contribution in [0.3, 0.4) is 0 Å². The molecule has 5 rings (SSSR count). The first kappa shape index (κ1) is 10.6. The predicted octanol–water partition coefficient (Wildman–Crippen LogP) is 1.09. The molecular weight excluding hydrogens is 228 g/mol. The summed E-state index contributed by atoms with van der Waals surface area (Å²) in [6.07, 6.45) is 7.51. The lowest BCUT2D eigenvalue weighted by Gasteiger charge is -2.56. The summed E-state index contributed by atoms with van der Waals surface area (Å²) in [7, 11) is 1.69. The molecule has 4 aliphatic carbocycles. The number of aryl methyl sites for hydroxylation is 1.